The topological polar surface area (TPSA) is 68.1 Å². The van der Waals surface area contributed by atoms with E-state index in [0.717, 1.165) is 32.5 Å². The molecule has 140 valence electrons. The van der Waals surface area contributed by atoms with Gasteiger partial charge in [-0.25, -0.2) is 10.1 Å². The van der Waals surface area contributed by atoms with E-state index in [4.69, 9.17) is 21.9 Å². The predicted molar refractivity (Wildman–Crippen MR) is 115 cm³/mol. The average Bonchev–Trinajstić information content (AvgIpc) is 3.29. The van der Waals surface area contributed by atoms with E-state index in [9.17, 15) is 0 Å². The number of nitrogens with zero attached hydrogens (tertiary/aromatic N) is 4. The number of ether oxygens (including phenoxy) is 1. The van der Waals surface area contributed by atoms with Crippen LogP contribution in [-0.2, 0) is 0 Å². The van der Waals surface area contributed by atoms with E-state index < -0.39 is 0 Å². The van der Waals surface area contributed by atoms with Gasteiger partial charge >= 0.3 is 0 Å². The molecule has 0 amide bonds. The molecular weight excluding hydrogens is 390 g/mol. The van der Waals surface area contributed by atoms with Gasteiger partial charge in [0.2, 0.25) is 4.77 Å². The second kappa shape index (κ2) is 7.87. The third kappa shape index (κ3) is 3.51. The van der Waals surface area contributed by atoms with Crippen molar-refractivity contribution >= 4 is 29.8 Å². The Morgan fingerprint density at radius 2 is 1.89 bits per heavy atom. The minimum atomic E-state index is 0.412. The van der Waals surface area contributed by atoms with Crippen LogP contribution in [0.25, 0.3) is 21.3 Å². The van der Waals surface area contributed by atoms with Crippen molar-refractivity contribution in [2.75, 3.05) is 7.11 Å². The Kier molecular flexibility index (Phi) is 5.14. The summed E-state index contributed by atoms with van der Waals surface area (Å²) < 4.78 is 7.39. The summed E-state index contributed by atoms with van der Waals surface area (Å²) in [7, 11) is 1.63. The van der Waals surface area contributed by atoms with Crippen LogP contribution in [0, 0.1) is 11.7 Å². The van der Waals surface area contributed by atoms with Crippen LogP contribution in [0.2, 0.25) is 0 Å². The molecular formula is C20H17N5OS2. The van der Waals surface area contributed by atoms with Gasteiger partial charge in [-0.3, -0.25) is 0 Å². The van der Waals surface area contributed by atoms with E-state index in [1.54, 1.807) is 29.3 Å². The first-order chi connectivity index (χ1) is 13.7. The van der Waals surface area contributed by atoms with Crippen LogP contribution in [0.1, 0.15) is 11.3 Å². The Hall–Kier alpha value is -3.10. The van der Waals surface area contributed by atoms with Gasteiger partial charge in [-0.05, 0) is 31.3 Å². The Balaban J connectivity index is 1.75. The van der Waals surface area contributed by atoms with Gasteiger partial charge in [-0.15, -0.1) is 11.3 Å². The summed E-state index contributed by atoms with van der Waals surface area (Å²) in [5.74, 6) is 1.37. The first kappa shape index (κ1) is 18.3. The van der Waals surface area contributed by atoms with E-state index in [1.165, 1.54) is 0 Å². The standard InChI is InChI=1S/C20H17N5OS2/c1-13-17(28-19(22-13)14-8-4-3-5-9-14)18-23-24-20(27)25(18)21-12-15-10-6-7-11-16(15)26-2/h3-12H,1-2H3,(H,24,27)/b21-12-. The first-order valence-corrected chi connectivity index (χ1v) is 9.78. The fourth-order valence-corrected chi connectivity index (χ4v) is 3.97. The van der Waals surface area contributed by atoms with Gasteiger partial charge in [-0.1, -0.05) is 42.5 Å². The molecule has 0 atom stereocenters. The summed E-state index contributed by atoms with van der Waals surface area (Å²) in [5, 5.41) is 12.7. The molecule has 8 heteroatoms. The predicted octanol–water partition coefficient (Wildman–Crippen LogP) is 4.93. The van der Waals surface area contributed by atoms with Crippen LogP contribution >= 0.6 is 23.6 Å². The van der Waals surface area contributed by atoms with Gasteiger partial charge in [0.05, 0.1) is 23.9 Å². The maximum Gasteiger partial charge on any atom is 0.216 e. The van der Waals surface area contributed by atoms with Crippen molar-refractivity contribution in [1.29, 1.82) is 0 Å². The molecule has 6 nitrogen and oxygen atoms in total. The average molecular weight is 408 g/mol. The number of methoxy groups -OCH3 is 1. The molecule has 2 aromatic carbocycles. The minimum Gasteiger partial charge on any atom is -0.496 e. The van der Waals surface area contributed by atoms with E-state index in [1.807, 2.05) is 61.5 Å². The van der Waals surface area contributed by atoms with Gasteiger partial charge < -0.3 is 4.74 Å². The highest BCUT2D eigenvalue weighted by atomic mass is 32.1. The molecule has 0 aliphatic rings. The van der Waals surface area contributed by atoms with Crippen LogP contribution < -0.4 is 4.74 Å². The van der Waals surface area contributed by atoms with E-state index in [-0.39, 0.29) is 0 Å². The Bertz CT molecular complexity index is 1190. The zero-order valence-corrected chi connectivity index (χ0v) is 16.9. The van der Waals surface area contributed by atoms with Crippen molar-refractivity contribution in [3.63, 3.8) is 0 Å². The van der Waals surface area contributed by atoms with Crippen LogP contribution in [0.15, 0.2) is 59.7 Å². The fourth-order valence-electron chi connectivity index (χ4n) is 2.75. The maximum absolute atomic E-state index is 5.38. The molecule has 4 rings (SSSR count). The molecule has 0 fully saturated rings. The number of thiazole rings is 1. The summed E-state index contributed by atoms with van der Waals surface area (Å²) in [5.41, 5.74) is 2.80. The summed E-state index contributed by atoms with van der Waals surface area (Å²) >= 11 is 6.94. The Morgan fingerprint density at radius 1 is 1.14 bits per heavy atom. The molecule has 28 heavy (non-hydrogen) atoms. The van der Waals surface area contributed by atoms with E-state index in [0.29, 0.717) is 10.6 Å². The quantitative estimate of drug-likeness (QED) is 0.376. The third-order valence-electron chi connectivity index (χ3n) is 4.12. The maximum atomic E-state index is 5.38. The summed E-state index contributed by atoms with van der Waals surface area (Å²) in [6.07, 6.45) is 1.71. The molecule has 0 aliphatic carbocycles. The van der Waals surface area contributed by atoms with Crippen LogP contribution in [0.4, 0.5) is 0 Å². The van der Waals surface area contributed by atoms with Crippen LogP contribution in [0.5, 0.6) is 5.75 Å². The number of H-pyrrole nitrogens is 1. The van der Waals surface area contributed by atoms with Gasteiger partial charge in [0.15, 0.2) is 5.82 Å². The molecule has 0 bridgehead atoms. The number of aromatic amines is 1. The molecule has 0 unspecified atom stereocenters. The number of aryl methyl sites for hydroxylation is 1. The highest BCUT2D eigenvalue weighted by Crippen LogP contribution is 2.34. The van der Waals surface area contributed by atoms with E-state index in [2.05, 4.69) is 15.3 Å². The molecule has 2 aromatic heterocycles. The van der Waals surface area contributed by atoms with Gasteiger partial charge in [0, 0.05) is 11.1 Å². The van der Waals surface area contributed by atoms with Crippen molar-refractivity contribution in [3.8, 4) is 27.0 Å². The normalized spacial score (nSPS) is 11.2. The minimum absolute atomic E-state index is 0.412. The number of hydrogen-bond donors (Lipinski definition) is 1. The summed E-state index contributed by atoms with van der Waals surface area (Å²) in [6.45, 7) is 1.96. The van der Waals surface area contributed by atoms with Crippen molar-refractivity contribution in [1.82, 2.24) is 19.9 Å². The zero-order chi connectivity index (χ0) is 19.5. The molecule has 4 aromatic rings. The molecule has 0 radical (unpaired) electrons. The SMILES string of the molecule is COc1ccccc1/C=N\n1c(-c2sc(-c3ccccc3)nc2C)n[nH]c1=S. The number of nitrogens with one attached hydrogen (secondary N) is 1. The molecule has 0 aliphatic heterocycles. The molecule has 0 spiro atoms. The summed E-state index contributed by atoms with van der Waals surface area (Å²) in [4.78, 5) is 5.62. The number of rotatable bonds is 5. The van der Waals surface area contributed by atoms with Crippen molar-refractivity contribution in [2.24, 2.45) is 5.10 Å². The highest BCUT2D eigenvalue weighted by molar-refractivity contribution is 7.71. The molecule has 0 saturated heterocycles. The number of para-hydroxylation sites is 1. The fraction of sp³-hybridized carbons (Fsp3) is 0.100. The monoisotopic (exact) mass is 407 g/mol. The number of benzene rings is 2. The lowest BCUT2D eigenvalue weighted by atomic mass is 10.2. The molecule has 0 saturated carbocycles. The lowest BCUT2D eigenvalue weighted by Crippen LogP contribution is -1.96. The van der Waals surface area contributed by atoms with Crippen LogP contribution in [0.3, 0.4) is 0 Å². The van der Waals surface area contributed by atoms with E-state index >= 15 is 0 Å². The lowest BCUT2D eigenvalue weighted by Gasteiger charge is -2.03. The van der Waals surface area contributed by atoms with Gasteiger partial charge in [0.1, 0.15) is 10.8 Å². The smallest absolute Gasteiger partial charge is 0.216 e. The first-order valence-electron chi connectivity index (χ1n) is 8.55. The van der Waals surface area contributed by atoms with Crippen molar-refractivity contribution in [2.45, 2.75) is 6.92 Å². The van der Waals surface area contributed by atoms with Gasteiger partial charge in [-0.2, -0.15) is 14.9 Å². The highest BCUT2D eigenvalue weighted by Gasteiger charge is 2.17. The molecule has 2 heterocycles. The number of hydrogen-bond acceptors (Lipinski definition) is 6. The molecule has 1 N–H and O–H groups in total. The second-order valence-electron chi connectivity index (χ2n) is 5.95. The second-order valence-corrected chi connectivity index (χ2v) is 7.34. The Labute approximate surface area is 171 Å². The van der Waals surface area contributed by atoms with Crippen molar-refractivity contribution < 1.29 is 4.74 Å². The van der Waals surface area contributed by atoms with Crippen LogP contribution in [-0.4, -0.2) is 33.2 Å². The van der Waals surface area contributed by atoms with Gasteiger partial charge in [0.25, 0.3) is 0 Å². The van der Waals surface area contributed by atoms with Crippen molar-refractivity contribution in [3.05, 3.63) is 70.6 Å². The number of aromatic nitrogens is 4. The Morgan fingerprint density at radius 3 is 2.68 bits per heavy atom. The lowest BCUT2D eigenvalue weighted by molar-refractivity contribution is 0.414. The largest absolute Gasteiger partial charge is 0.496 e. The zero-order valence-electron chi connectivity index (χ0n) is 15.3. The third-order valence-corrected chi connectivity index (χ3v) is 5.59. The summed E-state index contributed by atoms with van der Waals surface area (Å²) in [6, 6.07) is 17.7.